The molecule has 3 rings (SSSR count). The standard InChI is InChI=1S/C23H27N3O5/c1-30-23(29)18-6-8-19(9-7-18)25-22(28)21(27)24-12-2-3-17-4-10-20(11-5-17)26-13-15-31-16-14-26/h4-11H,2-3,12-16H2,1H3,(H,24,27)(H,25,28). The molecule has 164 valence electrons. The highest BCUT2D eigenvalue weighted by Gasteiger charge is 2.14. The van der Waals surface area contributed by atoms with Crippen LogP contribution >= 0.6 is 0 Å². The van der Waals surface area contributed by atoms with E-state index >= 15 is 0 Å². The number of aryl methyl sites for hydroxylation is 1. The van der Waals surface area contributed by atoms with E-state index in [0.717, 1.165) is 39.1 Å². The zero-order valence-electron chi connectivity index (χ0n) is 17.6. The summed E-state index contributed by atoms with van der Waals surface area (Å²) < 4.78 is 9.99. The third-order valence-corrected chi connectivity index (χ3v) is 5.01. The molecule has 1 heterocycles. The van der Waals surface area contributed by atoms with E-state index < -0.39 is 17.8 Å². The number of morpholine rings is 1. The van der Waals surface area contributed by atoms with Gasteiger partial charge in [0.15, 0.2) is 0 Å². The highest BCUT2D eigenvalue weighted by molar-refractivity contribution is 6.39. The fourth-order valence-electron chi connectivity index (χ4n) is 3.27. The second-order valence-electron chi connectivity index (χ2n) is 7.15. The minimum atomic E-state index is -0.749. The van der Waals surface area contributed by atoms with Crippen molar-refractivity contribution in [2.75, 3.05) is 50.2 Å². The van der Waals surface area contributed by atoms with Crippen molar-refractivity contribution in [3.8, 4) is 0 Å². The number of methoxy groups -OCH3 is 1. The van der Waals surface area contributed by atoms with Crippen LogP contribution in [-0.4, -0.2) is 57.7 Å². The lowest BCUT2D eigenvalue weighted by Crippen LogP contribution is -2.36. The molecule has 8 nitrogen and oxygen atoms in total. The second-order valence-corrected chi connectivity index (χ2v) is 7.15. The number of benzene rings is 2. The van der Waals surface area contributed by atoms with Gasteiger partial charge in [-0.2, -0.15) is 0 Å². The van der Waals surface area contributed by atoms with Crippen LogP contribution in [-0.2, 0) is 25.5 Å². The molecule has 1 fully saturated rings. The smallest absolute Gasteiger partial charge is 0.337 e. The summed E-state index contributed by atoms with van der Waals surface area (Å²) in [6.45, 7) is 3.73. The average molecular weight is 425 g/mol. The summed E-state index contributed by atoms with van der Waals surface area (Å²) in [6, 6.07) is 14.5. The predicted octanol–water partition coefficient (Wildman–Crippen LogP) is 2.00. The van der Waals surface area contributed by atoms with Gasteiger partial charge in [-0.05, 0) is 54.8 Å². The third-order valence-electron chi connectivity index (χ3n) is 5.01. The Balaban J connectivity index is 1.37. The van der Waals surface area contributed by atoms with Crippen LogP contribution in [0.2, 0.25) is 0 Å². The summed E-state index contributed by atoms with van der Waals surface area (Å²) >= 11 is 0. The van der Waals surface area contributed by atoms with Crippen LogP contribution in [0.5, 0.6) is 0 Å². The molecule has 1 aliphatic rings. The minimum Gasteiger partial charge on any atom is -0.465 e. The maximum Gasteiger partial charge on any atom is 0.337 e. The van der Waals surface area contributed by atoms with Crippen molar-refractivity contribution < 1.29 is 23.9 Å². The van der Waals surface area contributed by atoms with Gasteiger partial charge in [0, 0.05) is 31.0 Å². The van der Waals surface area contributed by atoms with Gasteiger partial charge >= 0.3 is 17.8 Å². The molecule has 0 spiro atoms. The van der Waals surface area contributed by atoms with Gasteiger partial charge in [0.2, 0.25) is 0 Å². The molecular formula is C23H27N3O5. The van der Waals surface area contributed by atoms with E-state index in [2.05, 4.69) is 44.5 Å². The van der Waals surface area contributed by atoms with Gasteiger partial charge in [0.05, 0.1) is 25.9 Å². The quantitative estimate of drug-likeness (QED) is 0.400. The maximum atomic E-state index is 12.0. The minimum absolute atomic E-state index is 0.364. The number of carbonyl (C=O) groups excluding carboxylic acids is 3. The molecule has 2 N–H and O–H groups in total. The van der Waals surface area contributed by atoms with Gasteiger partial charge in [0.25, 0.3) is 0 Å². The Morgan fingerprint density at radius 2 is 1.65 bits per heavy atom. The molecule has 0 atom stereocenters. The van der Waals surface area contributed by atoms with Crippen LogP contribution in [0.25, 0.3) is 0 Å². The molecule has 2 aromatic carbocycles. The number of anilines is 2. The Hall–Kier alpha value is -3.39. The summed E-state index contributed by atoms with van der Waals surface area (Å²) in [7, 11) is 1.29. The van der Waals surface area contributed by atoms with Crippen molar-refractivity contribution in [3.05, 3.63) is 59.7 Å². The molecule has 31 heavy (non-hydrogen) atoms. The van der Waals surface area contributed by atoms with Crippen LogP contribution in [0.3, 0.4) is 0 Å². The van der Waals surface area contributed by atoms with Crippen molar-refractivity contribution in [2.45, 2.75) is 12.8 Å². The molecule has 0 aromatic heterocycles. The average Bonchev–Trinajstić information content (AvgIpc) is 2.82. The van der Waals surface area contributed by atoms with E-state index in [1.54, 1.807) is 0 Å². The zero-order valence-corrected chi connectivity index (χ0v) is 17.6. The van der Waals surface area contributed by atoms with Gasteiger partial charge in [0.1, 0.15) is 0 Å². The molecule has 1 aliphatic heterocycles. The highest BCUT2D eigenvalue weighted by atomic mass is 16.5. The lowest BCUT2D eigenvalue weighted by molar-refractivity contribution is -0.136. The van der Waals surface area contributed by atoms with E-state index in [1.165, 1.54) is 42.6 Å². The van der Waals surface area contributed by atoms with E-state index in [9.17, 15) is 14.4 Å². The molecule has 0 unspecified atom stereocenters. The fourth-order valence-corrected chi connectivity index (χ4v) is 3.27. The summed E-state index contributed by atoms with van der Waals surface area (Å²) in [4.78, 5) is 37.7. The van der Waals surface area contributed by atoms with Crippen LogP contribution in [0.4, 0.5) is 11.4 Å². The predicted molar refractivity (Wildman–Crippen MR) is 117 cm³/mol. The summed E-state index contributed by atoms with van der Waals surface area (Å²) in [5.74, 6) is -1.91. The Labute approximate surface area is 181 Å². The number of nitrogens with zero attached hydrogens (tertiary/aromatic N) is 1. The Bertz CT molecular complexity index is 890. The number of hydrogen-bond donors (Lipinski definition) is 2. The lowest BCUT2D eigenvalue weighted by Gasteiger charge is -2.28. The van der Waals surface area contributed by atoms with Gasteiger partial charge < -0.3 is 25.0 Å². The van der Waals surface area contributed by atoms with Crippen molar-refractivity contribution in [1.82, 2.24) is 5.32 Å². The molecule has 0 saturated carbocycles. The topological polar surface area (TPSA) is 97.0 Å². The molecule has 1 saturated heterocycles. The van der Waals surface area contributed by atoms with E-state index in [1.807, 2.05) is 0 Å². The van der Waals surface area contributed by atoms with Crippen LogP contribution < -0.4 is 15.5 Å². The summed E-state index contributed by atoms with van der Waals surface area (Å²) in [5, 5.41) is 5.13. The zero-order chi connectivity index (χ0) is 22.1. The number of ether oxygens (including phenoxy) is 2. The van der Waals surface area contributed by atoms with E-state index in [0.29, 0.717) is 17.8 Å². The summed E-state index contributed by atoms with van der Waals surface area (Å²) in [5.41, 5.74) is 3.16. The van der Waals surface area contributed by atoms with Crippen LogP contribution in [0.15, 0.2) is 48.5 Å². The molecule has 0 radical (unpaired) electrons. The number of carbonyl (C=O) groups is 3. The first-order valence-corrected chi connectivity index (χ1v) is 10.3. The number of rotatable bonds is 7. The number of nitrogens with one attached hydrogen (secondary N) is 2. The number of esters is 1. The van der Waals surface area contributed by atoms with Gasteiger partial charge in [-0.1, -0.05) is 12.1 Å². The summed E-state index contributed by atoms with van der Waals surface area (Å²) in [6.07, 6.45) is 1.53. The SMILES string of the molecule is COC(=O)c1ccc(NC(=O)C(=O)NCCCc2ccc(N3CCOCC3)cc2)cc1. The number of amides is 2. The van der Waals surface area contributed by atoms with Crippen molar-refractivity contribution >= 4 is 29.2 Å². The highest BCUT2D eigenvalue weighted by Crippen LogP contribution is 2.17. The van der Waals surface area contributed by atoms with E-state index in [-0.39, 0.29) is 0 Å². The molecule has 2 amide bonds. The van der Waals surface area contributed by atoms with Crippen molar-refractivity contribution in [1.29, 1.82) is 0 Å². The maximum absolute atomic E-state index is 12.0. The first kappa shape index (κ1) is 22.3. The normalized spacial score (nSPS) is 13.4. The monoisotopic (exact) mass is 425 g/mol. The van der Waals surface area contributed by atoms with Crippen LogP contribution in [0, 0.1) is 0 Å². The molecule has 2 aromatic rings. The van der Waals surface area contributed by atoms with Crippen molar-refractivity contribution in [2.24, 2.45) is 0 Å². The molecule has 0 bridgehead atoms. The Morgan fingerprint density at radius 3 is 2.29 bits per heavy atom. The molecule has 0 aliphatic carbocycles. The molecule has 8 heteroatoms. The Morgan fingerprint density at radius 1 is 0.968 bits per heavy atom. The van der Waals surface area contributed by atoms with E-state index in [4.69, 9.17) is 4.74 Å². The van der Waals surface area contributed by atoms with Crippen molar-refractivity contribution in [3.63, 3.8) is 0 Å². The molecular weight excluding hydrogens is 398 g/mol. The Kier molecular flexibility index (Phi) is 8.00. The van der Waals surface area contributed by atoms with Gasteiger partial charge in [-0.25, -0.2) is 4.79 Å². The number of hydrogen-bond acceptors (Lipinski definition) is 6. The second kappa shape index (κ2) is 11.1. The fraction of sp³-hybridized carbons (Fsp3) is 0.348. The lowest BCUT2D eigenvalue weighted by atomic mass is 10.1. The first-order chi connectivity index (χ1) is 15.1. The van der Waals surface area contributed by atoms with Gasteiger partial charge in [-0.15, -0.1) is 0 Å². The van der Waals surface area contributed by atoms with Crippen LogP contribution in [0.1, 0.15) is 22.3 Å². The third kappa shape index (κ3) is 6.55. The first-order valence-electron chi connectivity index (χ1n) is 10.3. The largest absolute Gasteiger partial charge is 0.465 e. The van der Waals surface area contributed by atoms with Gasteiger partial charge in [-0.3, -0.25) is 9.59 Å².